The number of hydrogen-bond donors (Lipinski definition) is 2. The lowest BCUT2D eigenvalue weighted by molar-refractivity contribution is 0.149. The van der Waals surface area contributed by atoms with E-state index in [-0.39, 0.29) is 12.1 Å². The average molecular weight is 260 g/mol. The zero-order valence-corrected chi connectivity index (χ0v) is 11.8. The minimum absolute atomic E-state index is 0.136. The average Bonchev–Trinajstić information content (AvgIpc) is 2.57. The fourth-order valence-electron chi connectivity index (χ4n) is 1.93. The molecule has 4 nitrogen and oxygen atoms in total. The summed E-state index contributed by atoms with van der Waals surface area (Å²) in [5, 5.41) is 17.8. The summed E-state index contributed by atoms with van der Waals surface area (Å²) < 4.78 is 1.67. The molecule has 0 saturated carbocycles. The Balaban J connectivity index is 2.79. The van der Waals surface area contributed by atoms with Crippen LogP contribution in [0, 0.1) is 6.92 Å². The Hall–Kier alpha value is -0.580. The van der Waals surface area contributed by atoms with Gasteiger partial charge in [-0.3, -0.25) is 4.68 Å². The topological polar surface area (TPSA) is 50.1 Å². The van der Waals surface area contributed by atoms with Gasteiger partial charge in [0.05, 0.1) is 12.3 Å². The molecule has 0 aliphatic heterocycles. The second-order valence-corrected chi connectivity index (χ2v) is 4.84. The first kappa shape index (κ1) is 14.5. The van der Waals surface area contributed by atoms with Crippen molar-refractivity contribution in [2.75, 3.05) is 6.61 Å². The van der Waals surface area contributed by atoms with Gasteiger partial charge in [0.25, 0.3) is 0 Å². The lowest BCUT2D eigenvalue weighted by Gasteiger charge is -2.31. The van der Waals surface area contributed by atoms with Gasteiger partial charge in [0.2, 0.25) is 0 Å². The van der Waals surface area contributed by atoms with Crippen molar-refractivity contribution in [2.45, 2.75) is 45.7 Å². The van der Waals surface area contributed by atoms with Crippen LogP contribution in [-0.2, 0) is 13.6 Å². The molecule has 0 fully saturated rings. The molecule has 0 radical (unpaired) electrons. The van der Waals surface area contributed by atoms with Gasteiger partial charge in [-0.05, 0) is 19.8 Å². The summed E-state index contributed by atoms with van der Waals surface area (Å²) in [5.74, 6) is 0. The number of aromatic nitrogens is 2. The highest BCUT2D eigenvalue weighted by molar-refractivity contribution is 6.30. The van der Waals surface area contributed by atoms with E-state index in [1.165, 1.54) is 0 Å². The Morgan fingerprint density at radius 2 is 2.00 bits per heavy atom. The van der Waals surface area contributed by atoms with Crippen LogP contribution in [0.25, 0.3) is 0 Å². The van der Waals surface area contributed by atoms with E-state index in [0.717, 1.165) is 24.1 Å². The quantitative estimate of drug-likeness (QED) is 0.822. The highest BCUT2D eigenvalue weighted by Gasteiger charge is 2.25. The second-order valence-electron chi connectivity index (χ2n) is 4.48. The molecule has 0 spiro atoms. The fourth-order valence-corrected chi connectivity index (χ4v) is 2.17. The molecule has 98 valence electrons. The van der Waals surface area contributed by atoms with Gasteiger partial charge >= 0.3 is 0 Å². The third kappa shape index (κ3) is 3.00. The zero-order chi connectivity index (χ0) is 13.1. The highest BCUT2D eigenvalue weighted by Crippen LogP contribution is 2.21. The van der Waals surface area contributed by atoms with E-state index in [2.05, 4.69) is 24.3 Å². The maximum Gasteiger partial charge on any atom is 0.131 e. The number of aryl methyl sites for hydroxylation is 2. The first-order chi connectivity index (χ1) is 7.99. The summed E-state index contributed by atoms with van der Waals surface area (Å²) in [6.07, 6.45) is 1.77. The van der Waals surface area contributed by atoms with Crippen molar-refractivity contribution >= 4 is 11.6 Å². The van der Waals surface area contributed by atoms with E-state index in [9.17, 15) is 5.11 Å². The normalized spacial score (nSPS) is 12.1. The van der Waals surface area contributed by atoms with Gasteiger partial charge in [-0.1, -0.05) is 25.4 Å². The van der Waals surface area contributed by atoms with Crippen LogP contribution in [0.1, 0.15) is 37.9 Å². The van der Waals surface area contributed by atoms with Gasteiger partial charge in [-0.2, -0.15) is 5.10 Å². The van der Waals surface area contributed by atoms with Crippen LogP contribution in [0.2, 0.25) is 5.15 Å². The first-order valence-electron chi connectivity index (χ1n) is 6.03. The lowest BCUT2D eigenvalue weighted by Crippen LogP contribution is -2.47. The minimum Gasteiger partial charge on any atom is -0.394 e. The van der Waals surface area contributed by atoms with Crippen LogP contribution in [0.5, 0.6) is 0 Å². The van der Waals surface area contributed by atoms with Crippen molar-refractivity contribution < 1.29 is 5.11 Å². The molecule has 0 aliphatic rings. The van der Waals surface area contributed by atoms with Gasteiger partial charge in [0.1, 0.15) is 5.15 Å². The third-order valence-electron chi connectivity index (χ3n) is 3.57. The monoisotopic (exact) mass is 259 g/mol. The molecule has 2 N–H and O–H groups in total. The standard InChI is InChI=1S/C12H22ClN3O/c1-5-12(6-2,8-17)14-7-10-9(3)15-16(4)11(10)13/h14,17H,5-8H2,1-4H3. The lowest BCUT2D eigenvalue weighted by atomic mass is 9.93. The summed E-state index contributed by atoms with van der Waals surface area (Å²) in [5.41, 5.74) is 1.73. The van der Waals surface area contributed by atoms with E-state index in [1.807, 2.05) is 14.0 Å². The molecule has 0 amide bonds. The molecular formula is C12H22ClN3O. The van der Waals surface area contributed by atoms with Crippen LogP contribution in [0.3, 0.4) is 0 Å². The Morgan fingerprint density at radius 3 is 2.35 bits per heavy atom. The molecule has 0 aromatic carbocycles. The highest BCUT2D eigenvalue weighted by atomic mass is 35.5. The van der Waals surface area contributed by atoms with Crippen LogP contribution in [-0.4, -0.2) is 27.0 Å². The largest absolute Gasteiger partial charge is 0.394 e. The van der Waals surface area contributed by atoms with E-state index < -0.39 is 0 Å². The number of hydrogen-bond acceptors (Lipinski definition) is 3. The van der Waals surface area contributed by atoms with Gasteiger partial charge < -0.3 is 10.4 Å². The Kier molecular flexibility index (Phi) is 4.98. The summed E-state index contributed by atoms with van der Waals surface area (Å²) >= 11 is 6.17. The molecule has 1 aromatic rings. The SMILES string of the molecule is CCC(CC)(CO)NCc1c(C)nn(C)c1Cl. The van der Waals surface area contributed by atoms with Crippen LogP contribution < -0.4 is 5.32 Å². The second kappa shape index (κ2) is 5.85. The predicted molar refractivity (Wildman–Crippen MR) is 70.2 cm³/mol. The summed E-state index contributed by atoms with van der Waals surface area (Å²) in [4.78, 5) is 0. The molecule has 17 heavy (non-hydrogen) atoms. The van der Waals surface area contributed by atoms with Crippen LogP contribution >= 0.6 is 11.6 Å². The molecule has 0 aliphatic carbocycles. The summed E-state index contributed by atoms with van der Waals surface area (Å²) in [6, 6.07) is 0. The van der Waals surface area contributed by atoms with Crippen LogP contribution in [0.4, 0.5) is 0 Å². The van der Waals surface area contributed by atoms with E-state index in [1.54, 1.807) is 4.68 Å². The maximum absolute atomic E-state index is 9.48. The number of aliphatic hydroxyl groups is 1. The van der Waals surface area contributed by atoms with Gasteiger partial charge in [-0.15, -0.1) is 0 Å². The maximum atomic E-state index is 9.48. The van der Waals surface area contributed by atoms with Crippen molar-refractivity contribution in [2.24, 2.45) is 7.05 Å². The van der Waals surface area contributed by atoms with Gasteiger partial charge in [-0.25, -0.2) is 0 Å². The number of nitrogens with zero attached hydrogens (tertiary/aromatic N) is 2. The molecule has 0 unspecified atom stereocenters. The Bertz CT molecular complexity index is 364. The zero-order valence-electron chi connectivity index (χ0n) is 11.0. The minimum atomic E-state index is -0.217. The van der Waals surface area contributed by atoms with Crippen molar-refractivity contribution in [1.82, 2.24) is 15.1 Å². The summed E-state index contributed by atoms with van der Waals surface area (Å²) in [7, 11) is 1.83. The van der Waals surface area contributed by atoms with E-state index in [0.29, 0.717) is 11.7 Å². The van der Waals surface area contributed by atoms with E-state index in [4.69, 9.17) is 11.6 Å². The predicted octanol–water partition coefficient (Wildman–Crippen LogP) is 2.02. The molecule has 5 heteroatoms. The number of halogens is 1. The number of rotatable bonds is 6. The van der Waals surface area contributed by atoms with Crippen molar-refractivity contribution in [3.05, 3.63) is 16.4 Å². The molecule has 0 bridgehead atoms. The smallest absolute Gasteiger partial charge is 0.131 e. The first-order valence-corrected chi connectivity index (χ1v) is 6.41. The van der Waals surface area contributed by atoms with Crippen LogP contribution in [0.15, 0.2) is 0 Å². The molecule has 0 atom stereocenters. The molecule has 1 aromatic heterocycles. The van der Waals surface area contributed by atoms with Gasteiger partial charge in [0.15, 0.2) is 0 Å². The Labute approximate surface area is 108 Å². The fraction of sp³-hybridized carbons (Fsp3) is 0.750. The Morgan fingerprint density at radius 1 is 1.41 bits per heavy atom. The number of aliphatic hydroxyl groups excluding tert-OH is 1. The van der Waals surface area contributed by atoms with Crippen molar-refractivity contribution in [3.63, 3.8) is 0 Å². The molecular weight excluding hydrogens is 238 g/mol. The number of nitrogens with one attached hydrogen (secondary N) is 1. The molecule has 1 rings (SSSR count). The molecule has 1 heterocycles. The van der Waals surface area contributed by atoms with E-state index >= 15 is 0 Å². The van der Waals surface area contributed by atoms with Crippen molar-refractivity contribution in [3.8, 4) is 0 Å². The summed E-state index contributed by atoms with van der Waals surface area (Å²) in [6.45, 7) is 6.87. The molecule has 0 saturated heterocycles. The van der Waals surface area contributed by atoms with Gasteiger partial charge in [0, 0.05) is 24.7 Å². The third-order valence-corrected chi connectivity index (χ3v) is 4.04. The van der Waals surface area contributed by atoms with Crippen molar-refractivity contribution in [1.29, 1.82) is 0 Å².